The predicted octanol–water partition coefficient (Wildman–Crippen LogP) is 1.72. The van der Waals surface area contributed by atoms with Crippen molar-refractivity contribution in [1.29, 1.82) is 0 Å². The molecule has 0 aromatic heterocycles. The van der Waals surface area contributed by atoms with Crippen molar-refractivity contribution < 1.29 is 9.47 Å². The van der Waals surface area contributed by atoms with Crippen LogP contribution in [0.1, 0.15) is 24.4 Å². The molecule has 0 aliphatic carbocycles. The third-order valence-electron chi connectivity index (χ3n) is 4.05. The first-order valence-corrected chi connectivity index (χ1v) is 7.14. The number of ether oxygens (including phenoxy) is 2. The summed E-state index contributed by atoms with van der Waals surface area (Å²) in [6.07, 6.45) is 2.45. The molecule has 1 aromatic rings. The molecule has 104 valence electrons. The minimum absolute atomic E-state index is 0.390. The Kier molecular flexibility index (Phi) is 3.89. The third kappa shape index (κ3) is 2.85. The zero-order valence-electron chi connectivity index (χ0n) is 11.4. The zero-order chi connectivity index (χ0) is 13.1. The number of rotatable bonds is 4. The van der Waals surface area contributed by atoms with Crippen molar-refractivity contribution in [2.24, 2.45) is 5.92 Å². The van der Waals surface area contributed by atoms with Crippen LogP contribution in [-0.4, -0.2) is 33.4 Å². The Bertz CT molecular complexity index is 430. The summed E-state index contributed by atoms with van der Waals surface area (Å²) in [4.78, 5) is 0. The number of nitrogens with one attached hydrogen (secondary N) is 2. The minimum Gasteiger partial charge on any atom is -0.486 e. The van der Waals surface area contributed by atoms with Gasteiger partial charge in [-0.05, 0) is 56.6 Å². The molecule has 2 aliphatic heterocycles. The predicted molar refractivity (Wildman–Crippen MR) is 74.8 cm³/mol. The molecule has 1 fully saturated rings. The van der Waals surface area contributed by atoms with Crippen molar-refractivity contribution in [3.8, 4) is 11.5 Å². The molecule has 4 heteroatoms. The van der Waals surface area contributed by atoms with Gasteiger partial charge in [0.25, 0.3) is 0 Å². The molecule has 2 atom stereocenters. The monoisotopic (exact) mass is 262 g/mol. The fourth-order valence-electron chi connectivity index (χ4n) is 2.95. The summed E-state index contributed by atoms with van der Waals surface area (Å²) in [6.45, 7) is 3.59. The van der Waals surface area contributed by atoms with Crippen LogP contribution in [0.4, 0.5) is 0 Å². The van der Waals surface area contributed by atoms with Crippen LogP contribution in [0.15, 0.2) is 18.2 Å². The van der Waals surface area contributed by atoms with Crippen LogP contribution in [0.5, 0.6) is 11.5 Å². The molecule has 0 radical (unpaired) electrons. The van der Waals surface area contributed by atoms with Gasteiger partial charge in [0.05, 0.1) is 0 Å². The topological polar surface area (TPSA) is 42.5 Å². The molecule has 0 saturated carbocycles. The summed E-state index contributed by atoms with van der Waals surface area (Å²) in [5.41, 5.74) is 1.29. The van der Waals surface area contributed by atoms with E-state index in [4.69, 9.17) is 9.47 Å². The number of benzene rings is 1. The molecule has 19 heavy (non-hydrogen) atoms. The molecule has 2 N–H and O–H groups in total. The number of hydrogen-bond acceptors (Lipinski definition) is 4. The SMILES string of the molecule is CNC(CC1CCNC1)c1ccc2c(c1)OCCO2. The van der Waals surface area contributed by atoms with Crippen molar-refractivity contribution in [3.05, 3.63) is 23.8 Å². The fraction of sp³-hybridized carbons (Fsp3) is 0.600. The standard InChI is InChI=1S/C15H22N2O2/c1-16-13(8-11-4-5-17-10-11)12-2-3-14-15(9-12)19-7-6-18-14/h2-3,9,11,13,16-17H,4-8,10H2,1H3. The molecule has 0 bridgehead atoms. The molecule has 2 heterocycles. The van der Waals surface area contributed by atoms with Gasteiger partial charge in [-0.25, -0.2) is 0 Å². The number of fused-ring (bicyclic) bond motifs is 1. The van der Waals surface area contributed by atoms with Gasteiger partial charge in [-0.3, -0.25) is 0 Å². The molecule has 4 nitrogen and oxygen atoms in total. The summed E-state index contributed by atoms with van der Waals surface area (Å²) < 4.78 is 11.2. The molecular formula is C15H22N2O2. The molecule has 2 unspecified atom stereocenters. The highest BCUT2D eigenvalue weighted by atomic mass is 16.6. The van der Waals surface area contributed by atoms with Gasteiger partial charge in [-0.15, -0.1) is 0 Å². The second-order valence-corrected chi connectivity index (χ2v) is 5.34. The van der Waals surface area contributed by atoms with Crippen molar-refractivity contribution in [1.82, 2.24) is 10.6 Å². The summed E-state index contributed by atoms with van der Waals surface area (Å²) in [6, 6.07) is 6.69. The van der Waals surface area contributed by atoms with Crippen LogP contribution < -0.4 is 20.1 Å². The summed E-state index contributed by atoms with van der Waals surface area (Å²) in [5.74, 6) is 2.52. The summed E-state index contributed by atoms with van der Waals surface area (Å²) in [5, 5.41) is 6.86. The smallest absolute Gasteiger partial charge is 0.161 e. The van der Waals surface area contributed by atoms with Gasteiger partial charge >= 0.3 is 0 Å². The van der Waals surface area contributed by atoms with Gasteiger partial charge < -0.3 is 20.1 Å². The Morgan fingerprint density at radius 1 is 1.32 bits per heavy atom. The lowest BCUT2D eigenvalue weighted by molar-refractivity contribution is 0.171. The second kappa shape index (κ2) is 5.80. The van der Waals surface area contributed by atoms with Crippen molar-refractivity contribution >= 4 is 0 Å². The van der Waals surface area contributed by atoms with Gasteiger partial charge in [0.2, 0.25) is 0 Å². The lowest BCUT2D eigenvalue weighted by Gasteiger charge is -2.23. The third-order valence-corrected chi connectivity index (χ3v) is 4.05. The van der Waals surface area contributed by atoms with Crippen LogP contribution in [0.25, 0.3) is 0 Å². The van der Waals surface area contributed by atoms with Gasteiger partial charge in [0.15, 0.2) is 11.5 Å². The Morgan fingerprint density at radius 3 is 2.89 bits per heavy atom. The van der Waals surface area contributed by atoms with Gasteiger partial charge in [-0.2, -0.15) is 0 Å². The summed E-state index contributed by atoms with van der Waals surface area (Å²) >= 11 is 0. The quantitative estimate of drug-likeness (QED) is 0.867. The van der Waals surface area contributed by atoms with Crippen molar-refractivity contribution in [3.63, 3.8) is 0 Å². The molecular weight excluding hydrogens is 240 g/mol. The maximum absolute atomic E-state index is 5.66. The van der Waals surface area contributed by atoms with Crippen molar-refractivity contribution in [2.75, 3.05) is 33.4 Å². The van der Waals surface area contributed by atoms with Gasteiger partial charge in [0.1, 0.15) is 13.2 Å². The summed E-state index contributed by atoms with van der Waals surface area (Å²) in [7, 11) is 2.03. The highest BCUT2D eigenvalue weighted by Gasteiger charge is 2.21. The maximum atomic E-state index is 5.66. The zero-order valence-corrected chi connectivity index (χ0v) is 11.4. The van der Waals surface area contributed by atoms with E-state index in [9.17, 15) is 0 Å². The highest BCUT2D eigenvalue weighted by molar-refractivity contribution is 5.44. The van der Waals surface area contributed by atoms with Crippen molar-refractivity contribution in [2.45, 2.75) is 18.9 Å². The molecule has 1 aromatic carbocycles. The molecule has 0 spiro atoms. The van der Waals surface area contributed by atoms with E-state index in [1.165, 1.54) is 18.4 Å². The average Bonchev–Trinajstić information content (AvgIpc) is 2.97. The fourth-order valence-corrected chi connectivity index (χ4v) is 2.95. The Labute approximate surface area is 114 Å². The van der Waals surface area contributed by atoms with Crippen LogP contribution in [0, 0.1) is 5.92 Å². The first kappa shape index (κ1) is 12.8. The molecule has 0 amide bonds. The first-order chi connectivity index (χ1) is 9.36. The Hall–Kier alpha value is -1.26. The lowest BCUT2D eigenvalue weighted by atomic mass is 9.94. The van der Waals surface area contributed by atoms with Crippen LogP contribution in [0.2, 0.25) is 0 Å². The second-order valence-electron chi connectivity index (χ2n) is 5.34. The molecule has 3 rings (SSSR count). The largest absolute Gasteiger partial charge is 0.486 e. The normalized spacial score (nSPS) is 23.3. The minimum atomic E-state index is 0.390. The van der Waals surface area contributed by atoms with E-state index in [0.29, 0.717) is 19.3 Å². The van der Waals surface area contributed by atoms with E-state index < -0.39 is 0 Å². The maximum Gasteiger partial charge on any atom is 0.161 e. The molecule has 2 aliphatic rings. The van der Waals surface area contributed by atoms with Gasteiger partial charge in [0, 0.05) is 6.04 Å². The first-order valence-electron chi connectivity index (χ1n) is 7.14. The average molecular weight is 262 g/mol. The molecule has 1 saturated heterocycles. The van der Waals surface area contributed by atoms with E-state index in [1.807, 2.05) is 13.1 Å². The Morgan fingerprint density at radius 2 is 2.16 bits per heavy atom. The highest BCUT2D eigenvalue weighted by Crippen LogP contribution is 2.34. The lowest BCUT2D eigenvalue weighted by Crippen LogP contribution is -2.22. The van der Waals surface area contributed by atoms with Crippen LogP contribution in [0.3, 0.4) is 0 Å². The van der Waals surface area contributed by atoms with E-state index in [1.54, 1.807) is 0 Å². The number of hydrogen-bond donors (Lipinski definition) is 2. The van der Waals surface area contributed by atoms with Crippen LogP contribution in [-0.2, 0) is 0 Å². The van der Waals surface area contributed by atoms with Crippen LogP contribution >= 0.6 is 0 Å². The van der Waals surface area contributed by atoms with E-state index in [-0.39, 0.29) is 0 Å². The van der Waals surface area contributed by atoms with E-state index in [2.05, 4.69) is 22.8 Å². The van der Waals surface area contributed by atoms with E-state index >= 15 is 0 Å². The van der Waals surface area contributed by atoms with Gasteiger partial charge in [-0.1, -0.05) is 6.07 Å². The Balaban J connectivity index is 1.74. The van der Waals surface area contributed by atoms with E-state index in [0.717, 1.165) is 30.5 Å².